The molecule has 0 spiro atoms. The molecule has 1 unspecified atom stereocenters. The smallest absolute Gasteiger partial charge is 0.254 e. The average molecular weight is 343 g/mol. The van der Waals surface area contributed by atoms with E-state index in [2.05, 4.69) is 0 Å². The second-order valence-corrected chi connectivity index (χ2v) is 5.63. The van der Waals surface area contributed by atoms with Crippen molar-refractivity contribution in [3.8, 4) is 17.2 Å². The lowest BCUT2D eigenvalue weighted by Gasteiger charge is -2.27. The number of hydrogen-bond acceptors (Lipinski definition) is 4. The number of carbonyl (C=O) groups excluding carboxylic acids is 1. The molecule has 1 atom stereocenters. The van der Waals surface area contributed by atoms with Crippen molar-refractivity contribution in [1.82, 2.24) is 4.90 Å². The van der Waals surface area contributed by atoms with Gasteiger partial charge in [-0.15, -0.1) is 0 Å². The quantitative estimate of drug-likeness (QED) is 0.764. The van der Waals surface area contributed by atoms with Crippen LogP contribution in [0.25, 0.3) is 0 Å². The first-order valence-corrected chi connectivity index (χ1v) is 8.24. The van der Waals surface area contributed by atoms with Crippen molar-refractivity contribution in [3.63, 3.8) is 0 Å². The van der Waals surface area contributed by atoms with E-state index in [4.69, 9.17) is 14.2 Å². The molecule has 0 aliphatic rings. The van der Waals surface area contributed by atoms with Crippen molar-refractivity contribution in [3.05, 3.63) is 53.6 Å². The average Bonchev–Trinajstić information content (AvgIpc) is 2.66. The molecule has 0 saturated carbocycles. The van der Waals surface area contributed by atoms with Gasteiger partial charge in [0.05, 0.1) is 26.9 Å². The van der Waals surface area contributed by atoms with E-state index in [1.807, 2.05) is 38.1 Å². The first-order valence-electron chi connectivity index (χ1n) is 8.24. The molecule has 0 aliphatic carbocycles. The van der Waals surface area contributed by atoms with Crippen LogP contribution in [0.1, 0.15) is 35.8 Å². The summed E-state index contributed by atoms with van der Waals surface area (Å²) in [5.41, 5.74) is 1.51. The van der Waals surface area contributed by atoms with Crippen molar-refractivity contribution < 1.29 is 19.0 Å². The second-order valence-electron chi connectivity index (χ2n) is 5.63. The van der Waals surface area contributed by atoms with E-state index in [-0.39, 0.29) is 11.9 Å². The third-order valence-electron chi connectivity index (χ3n) is 4.20. The summed E-state index contributed by atoms with van der Waals surface area (Å²) in [7, 11) is 4.99. The number of carbonyl (C=O) groups is 1. The van der Waals surface area contributed by atoms with E-state index in [0.717, 1.165) is 11.3 Å². The molecule has 134 valence electrons. The molecular formula is C20H25NO4. The summed E-state index contributed by atoms with van der Waals surface area (Å²) in [5.74, 6) is 1.84. The second kappa shape index (κ2) is 8.42. The SMILES string of the molecule is CCOc1cc(C(=O)N(C)C(C)c2ccccc2OC)ccc1OC. The van der Waals surface area contributed by atoms with Gasteiger partial charge in [-0.25, -0.2) is 0 Å². The highest BCUT2D eigenvalue weighted by molar-refractivity contribution is 5.95. The topological polar surface area (TPSA) is 48.0 Å². The van der Waals surface area contributed by atoms with Crippen LogP contribution in [-0.4, -0.2) is 38.7 Å². The van der Waals surface area contributed by atoms with Crippen LogP contribution in [0.2, 0.25) is 0 Å². The Balaban J connectivity index is 2.28. The van der Waals surface area contributed by atoms with Crippen LogP contribution < -0.4 is 14.2 Å². The van der Waals surface area contributed by atoms with Gasteiger partial charge in [0.25, 0.3) is 5.91 Å². The molecule has 0 heterocycles. The summed E-state index contributed by atoms with van der Waals surface area (Å²) < 4.78 is 16.2. The number of hydrogen-bond donors (Lipinski definition) is 0. The number of nitrogens with zero attached hydrogens (tertiary/aromatic N) is 1. The summed E-state index contributed by atoms with van der Waals surface area (Å²) >= 11 is 0. The lowest BCUT2D eigenvalue weighted by Crippen LogP contribution is -2.30. The Hall–Kier alpha value is -2.69. The maximum atomic E-state index is 12.9. The summed E-state index contributed by atoms with van der Waals surface area (Å²) in [4.78, 5) is 14.6. The Morgan fingerprint density at radius 1 is 1.04 bits per heavy atom. The molecule has 25 heavy (non-hydrogen) atoms. The fourth-order valence-electron chi connectivity index (χ4n) is 2.68. The monoisotopic (exact) mass is 343 g/mol. The largest absolute Gasteiger partial charge is 0.496 e. The van der Waals surface area contributed by atoms with Crippen LogP contribution >= 0.6 is 0 Å². The number of amides is 1. The molecule has 0 saturated heterocycles. The summed E-state index contributed by atoms with van der Waals surface area (Å²) in [6.07, 6.45) is 0. The Morgan fingerprint density at radius 2 is 1.72 bits per heavy atom. The predicted molar refractivity (Wildman–Crippen MR) is 97.7 cm³/mol. The van der Waals surface area contributed by atoms with E-state index in [1.54, 1.807) is 44.4 Å². The van der Waals surface area contributed by atoms with Gasteiger partial charge < -0.3 is 19.1 Å². The molecular weight excluding hydrogens is 318 g/mol. The van der Waals surface area contributed by atoms with Crippen molar-refractivity contribution >= 4 is 5.91 Å². The number of para-hydroxylation sites is 1. The van der Waals surface area contributed by atoms with Gasteiger partial charge in [0, 0.05) is 18.2 Å². The zero-order chi connectivity index (χ0) is 18.4. The highest BCUT2D eigenvalue weighted by Crippen LogP contribution is 2.31. The standard InChI is InChI=1S/C20H25NO4/c1-6-25-19-13-15(11-12-18(19)24-5)20(22)21(3)14(2)16-9-7-8-10-17(16)23-4/h7-14H,6H2,1-5H3. The van der Waals surface area contributed by atoms with Gasteiger partial charge in [0.1, 0.15) is 5.75 Å². The van der Waals surface area contributed by atoms with Crippen LogP contribution in [-0.2, 0) is 0 Å². The van der Waals surface area contributed by atoms with Gasteiger partial charge in [-0.3, -0.25) is 4.79 Å². The van der Waals surface area contributed by atoms with Crippen molar-refractivity contribution in [2.45, 2.75) is 19.9 Å². The molecule has 0 bridgehead atoms. The Kier molecular flexibility index (Phi) is 6.28. The maximum Gasteiger partial charge on any atom is 0.254 e. The Bertz CT molecular complexity index is 729. The fourth-order valence-corrected chi connectivity index (χ4v) is 2.68. The molecule has 1 amide bonds. The normalized spacial score (nSPS) is 11.6. The third kappa shape index (κ3) is 4.05. The van der Waals surface area contributed by atoms with E-state index in [9.17, 15) is 4.79 Å². The highest BCUT2D eigenvalue weighted by Gasteiger charge is 2.22. The Morgan fingerprint density at radius 3 is 2.36 bits per heavy atom. The summed E-state index contributed by atoms with van der Waals surface area (Å²) in [5, 5.41) is 0. The summed E-state index contributed by atoms with van der Waals surface area (Å²) in [6, 6.07) is 12.8. The minimum absolute atomic E-state index is 0.0954. The molecule has 5 heteroatoms. The van der Waals surface area contributed by atoms with Crippen molar-refractivity contribution in [2.75, 3.05) is 27.9 Å². The van der Waals surface area contributed by atoms with E-state index < -0.39 is 0 Å². The first-order chi connectivity index (χ1) is 12.0. The molecule has 2 aromatic carbocycles. The molecule has 5 nitrogen and oxygen atoms in total. The lowest BCUT2D eigenvalue weighted by atomic mass is 10.0. The number of ether oxygens (including phenoxy) is 3. The van der Waals surface area contributed by atoms with Gasteiger partial charge in [-0.1, -0.05) is 18.2 Å². The zero-order valence-electron chi connectivity index (χ0n) is 15.4. The van der Waals surface area contributed by atoms with Crippen LogP contribution in [0.3, 0.4) is 0 Å². The van der Waals surface area contributed by atoms with Crippen LogP contribution in [0, 0.1) is 0 Å². The van der Waals surface area contributed by atoms with E-state index >= 15 is 0 Å². The summed E-state index contributed by atoms with van der Waals surface area (Å²) in [6.45, 7) is 4.37. The Labute approximate surface area is 149 Å². The van der Waals surface area contributed by atoms with Gasteiger partial charge in [0.15, 0.2) is 11.5 Å². The third-order valence-corrected chi connectivity index (χ3v) is 4.20. The number of rotatable bonds is 7. The predicted octanol–water partition coefficient (Wildman–Crippen LogP) is 3.94. The van der Waals surface area contributed by atoms with Gasteiger partial charge >= 0.3 is 0 Å². The van der Waals surface area contributed by atoms with Crippen molar-refractivity contribution in [1.29, 1.82) is 0 Å². The molecule has 0 radical (unpaired) electrons. The maximum absolute atomic E-state index is 12.9. The van der Waals surface area contributed by atoms with E-state index in [0.29, 0.717) is 23.7 Å². The van der Waals surface area contributed by atoms with Crippen LogP contribution in [0.4, 0.5) is 0 Å². The molecule has 2 rings (SSSR count). The fraction of sp³-hybridized carbons (Fsp3) is 0.350. The van der Waals surface area contributed by atoms with Crippen LogP contribution in [0.15, 0.2) is 42.5 Å². The number of benzene rings is 2. The molecule has 0 aromatic heterocycles. The molecule has 2 aromatic rings. The minimum atomic E-state index is -0.138. The van der Waals surface area contributed by atoms with Gasteiger partial charge in [-0.05, 0) is 38.1 Å². The number of methoxy groups -OCH3 is 2. The molecule has 0 fully saturated rings. The van der Waals surface area contributed by atoms with Gasteiger partial charge in [0.2, 0.25) is 0 Å². The minimum Gasteiger partial charge on any atom is -0.496 e. The van der Waals surface area contributed by atoms with Gasteiger partial charge in [-0.2, -0.15) is 0 Å². The van der Waals surface area contributed by atoms with Crippen molar-refractivity contribution in [2.24, 2.45) is 0 Å². The zero-order valence-corrected chi connectivity index (χ0v) is 15.4. The lowest BCUT2D eigenvalue weighted by molar-refractivity contribution is 0.0740. The van der Waals surface area contributed by atoms with Crippen LogP contribution in [0.5, 0.6) is 17.2 Å². The highest BCUT2D eigenvalue weighted by atomic mass is 16.5. The molecule has 0 aliphatic heterocycles. The first kappa shape index (κ1) is 18.6. The molecule has 0 N–H and O–H groups in total. The van der Waals surface area contributed by atoms with E-state index in [1.165, 1.54) is 0 Å².